The Balaban J connectivity index is 2.13. The zero-order valence-corrected chi connectivity index (χ0v) is 12.4. The molecule has 0 saturated carbocycles. The fourth-order valence-corrected chi connectivity index (χ4v) is 2.54. The Morgan fingerprint density at radius 3 is 2.37 bits per heavy atom. The largest absolute Gasteiger partial charge is 0.304 e. The molecule has 0 bridgehead atoms. The van der Waals surface area contributed by atoms with Crippen molar-refractivity contribution in [2.75, 3.05) is 0 Å². The Morgan fingerprint density at radius 1 is 1.00 bits per heavy atom. The second-order valence-corrected chi connectivity index (χ2v) is 5.32. The van der Waals surface area contributed by atoms with E-state index in [-0.39, 0.29) is 12.1 Å². The van der Waals surface area contributed by atoms with Crippen molar-refractivity contribution in [2.45, 2.75) is 25.9 Å². The van der Waals surface area contributed by atoms with Crippen molar-refractivity contribution < 1.29 is 0 Å². The average Bonchev–Trinajstić information content (AvgIpc) is 2.42. The molecule has 0 saturated heterocycles. The van der Waals surface area contributed by atoms with Crippen LogP contribution in [-0.4, -0.2) is 4.98 Å². The van der Waals surface area contributed by atoms with Gasteiger partial charge in [0.15, 0.2) is 0 Å². The third-order valence-corrected chi connectivity index (χ3v) is 3.99. The smallest absolute Gasteiger partial charge is 0.0639 e. The summed E-state index contributed by atoms with van der Waals surface area (Å²) in [6.07, 6.45) is 3.59. The first-order valence-electron chi connectivity index (χ1n) is 6.19. The van der Waals surface area contributed by atoms with Gasteiger partial charge in [-0.05, 0) is 43.2 Å². The number of benzene rings is 1. The fourth-order valence-electron chi connectivity index (χ4n) is 2.07. The topological polar surface area (TPSA) is 24.9 Å². The minimum absolute atomic E-state index is 0.120. The van der Waals surface area contributed by atoms with E-state index in [1.165, 1.54) is 5.56 Å². The van der Waals surface area contributed by atoms with Gasteiger partial charge in [-0.25, -0.2) is 0 Å². The van der Waals surface area contributed by atoms with Crippen molar-refractivity contribution in [1.29, 1.82) is 0 Å². The summed E-state index contributed by atoms with van der Waals surface area (Å²) in [5.41, 5.74) is 2.20. The van der Waals surface area contributed by atoms with E-state index in [0.29, 0.717) is 10.0 Å². The maximum Gasteiger partial charge on any atom is 0.0639 e. The first-order valence-corrected chi connectivity index (χ1v) is 6.95. The Labute approximate surface area is 123 Å². The van der Waals surface area contributed by atoms with Gasteiger partial charge in [0.25, 0.3) is 0 Å². The second-order valence-electron chi connectivity index (χ2n) is 4.53. The SMILES string of the molecule is CC(N[C@H](C)c1ccncc1)c1cccc(Cl)c1Cl. The van der Waals surface area contributed by atoms with E-state index in [9.17, 15) is 0 Å². The van der Waals surface area contributed by atoms with E-state index in [2.05, 4.69) is 24.1 Å². The number of pyridine rings is 1. The van der Waals surface area contributed by atoms with Gasteiger partial charge in [0, 0.05) is 24.5 Å². The molecule has 1 aromatic carbocycles. The normalized spacial score (nSPS) is 14.1. The Kier molecular flexibility index (Phi) is 4.81. The highest BCUT2D eigenvalue weighted by Crippen LogP contribution is 2.30. The minimum Gasteiger partial charge on any atom is -0.304 e. The number of nitrogens with zero attached hydrogens (tertiary/aromatic N) is 1. The summed E-state index contributed by atoms with van der Waals surface area (Å²) in [4.78, 5) is 4.02. The molecular weight excluding hydrogens is 279 g/mol. The minimum atomic E-state index is 0.120. The lowest BCUT2D eigenvalue weighted by Gasteiger charge is -2.21. The molecule has 1 unspecified atom stereocenters. The lowest BCUT2D eigenvalue weighted by atomic mass is 10.1. The van der Waals surface area contributed by atoms with Crippen LogP contribution in [0.2, 0.25) is 10.0 Å². The van der Waals surface area contributed by atoms with E-state index in [1.54, 1.807) is 18.5 Å². The number of nitrogens with one attached hydrogen (secondary N) is 1. The fraction of sp³-hybridized carbons (Fsp3) is 0.267. The van der Waals surface area contributed by atoms with Crippen LogP contribution in [0.5, 0.6) is 0 Å². The van der Waals surface area contributed by atoms with Gasteiger partial charge in [0.1, 0.15) is 0 Å². The monoisotopic (exact) mass is 294 g/mol. The number of halogens is 2. The molecule has 0 aliphatic heterocycles. The van der Waals surface area contributed by atoms with Crippen LogP contribution in [0.4, 0.5) is 0 Å². The maximum atomic E-state index is 6.24. The van der Waals surface area contributed by atoms with Crippen molar-refractivity contribution in [2.24, 2.45) is 0 Å². The molecule has 0 fully saturated rings. The third-order valence-electron chi connectivity index (χ3n) is 3.15. The van der Waals surface area contributed by atoms with Crippen molar-refractivity contribution in [3.05, 3.63) is 63.9 Å². The quantitative estimate of drug-likeness (QED) is 0.876. The van der Waals surface area contributed by atoms with Gasteiger partial charge in [-0.2, -0.15) is 0 Å². The van der Waals surface area contributed by atoms with Gasteiger partial charge < -0.3 is 5.32 Å². The molecule has 2 atom stereocenters. The molecule has 1 aromatic heterocycles. The molecule has 100 valence electrons. The number of rotatable bonds is 4. The maximum absolute atomic E-state index is 6.24. The van der Waals surface area contributed by atoms with E-state index in [1.807, 2.05) is 24.3 Å². The highest BCUT2D eigenvalue weighted by Gasteiger charge is 2.14. The van der Waals surface area contributed by atoms with Gasteiger partial charge in [-0.15, -0.1) is 0 Å². The van der Waals surface area contributed by atoms with E-state index in [4.69, 9.17) is 23.2 Å². The van der Waals surface area contributed by atoms with Gasteiger partial charge >= 0.3 is 0 Å². The molecule has 19 heavy (non-hydrogen) atoms. The number of aromatic nitrogens is 1. The number of hydrogen-bond donors (Lipinski definition) is 1. The summed E-state index contributed by atoms with van der Waals surface area (Å²) in [6, 6.07) is 10.0. The predicted octanol–water partition coefficient (Wildman–Crippen LogP) is 4.80. The van der Waals surface area contributed by atoms with Crippen molar-refractivity contribution in [1.82, 2.24) is 10.3 Å². The molecule has 0 aliphatic carbocycles. The van der Waals surface area contributed by atoms with Crippen LogP contribution < -0.4 is 5.32 Å². The summed E-state index contributed by atoms with van der Waals surface area (Å²) in [5.74, 6) is 0. The van der Waals surface area contributed by atoms with E-state index >= 15 is 0 Å². The Morgan fingerprint density at radius 2 is 1.68 bits per heavy atom. The number of hydrogen-bond acceptors (Lipinski definition) is 2. The van der Waals surface area contributed by atoms with Crippen LogP contribution in [0, 0.1) is 0 Å². The summed E-state index contributed by atoms with van der Waals surface area (Å²) in [6.45, 7) is 4.19. The molecule has 2 aromatic rings. The molecule has 1 heterocycles. The Hall–Kier alpha value is -1.09. The average molecular weight is 295 g/mol. The predicted molar refractivity (Wildman–Crippen MR) is 80.7 cm³/mol. The summed E-state index contributed by atoms with van der Waals surface area (Å²) < 4.78 is 0. The molecule has 2 nitrogen and oxygen atoms in total. The van der Waals surface area contributed by atoms with E-state index < -0.39 is 0 Å². The van der Waals surface area contributed by atoms with Gasteiger partial charge in [0.05, 0.1) is 10.0 Å². The second kappa shape index (κ2) is 6.38. The van der Waals surface area contributed by atoms with E-state index in [0.717, 1.165) is 5.56 Å². The summed E-state index contributed by atoms with van der Waals surface area (Å²) in [7, 11) is 0. The molecular formula is C15H16Cl2N2. The van der Waals surface area contributed by atoms with Crippen LogP contribution in [0.1, 0.15) is 37.1 Å². The van der Waals surface area contributed by atoms with Crippen molar-refractivity contribution in [3.63, 3.8) is 0 Å². The first-order chi connectivity index (χ1) is 9.09. The molecule has 0 spiro atoms. The highest BCUT2D eigenvalue weighted by molar-refractivity contribution is 6.42. The Bertz CT molecular complexity index is 543. The lowest BCUT2D eigenvalue weighted by Crippen LogP contribution is -2.22. The van der Waals surface area contributed by atoms with Crippen molar-refractivity contribution >= 4 is 23.2 Å². The van der Waals surface area contributed by atoms with Crippen LogP contribution in [0.15, 0.2) is 42.7 Å². The van der Waals surface area contributed by atoms with Crippen LogP contribution >= 0.6 is 23.2 Å². The van der Waals surface area contributed by atoms with Crippen LogP contribution in [0.25, 0.3) is 0 Å². The molecule has 4 heteroatoms. The standard InChI is InChI=1S/C15H16Cl2N2/c1-10(12-6-8-18-9-7-12)19-11(2)13-4-3-5-14(16)15(13)17/h3-11,19H,1-2H3/t10-,11?/m1/s1. The van der Waals surface area contributed by atoms with Crippen molar-refractivity contribution in [3.8, 4) is 0 Å². The lowest BCUT2D eigenvalue weighted by molar-refractivity contribution is 0.494. The van der Waals surface area contributed by atoms with Crippen LogP contribution in [-0.2, 0) is 0 Å². The molecule has 1 N–H and O–H groups in total. The highest BCUT2D eigenvalue weighted by atomic mass is 35.5. The molecule has 2 rings (SSSR count). The summed E-state index contributed by atoms with van der Waals surface area (Å²) >= 11 is 12.3. The van der Waals surface area contributed by atoms with Crippen LogP contribution in [0.3, 0.4) is 0 Å². The van der Waals surface area contributed by atoms with Gasteiger partial charge in [-0.1, -0.05) is 35.3 Å². The zero-order chi connectivity index (χ0) is 13.8. The molecule has 0 aliphatic rings. The third kappa shape index (κ3) is 3.47. The molecule has 0 radical (unpaired) electrons. The summed E-state index contributed by atoms with van der Waals surface area (Å²) in [5, 5.41) is 4.71. The first kappa shape index (κ1) is 14.3. The van der Waals surface area contributed by atoms with Gasteiger partial charge in [0.2, 0.25) is 0 Å². The zero-order valence-electron chi connectivity index (χ0n) is 10.9. The molecule has 0 amide bonds. The van der Waals surface area contributed by atoms with Gasteiger partial charge in [-0.3, -0.25) is 4.98 Å².